The van der Waals surface area contributed by atoms with Gasteiger partial charge in [-0.25, -0.2) is 0 Å². The molecule has 2 heterocycles. The molecule has 184 valence electrons. The van der Waals surface area contributed by atoms with Crippen LogP contribution in [-0.4, -0.2) is 4.57 Å². The number of nitrogens with zero attached hydrogens (tertiary/aromatic N) is 1. The first-order valence-electron chi connectivity index (χ1n) is 13.8. The first-order valence-corrected chi connectivity index (χ1v) is 13.8. The minimum Gasteiger partial charge on any atom is -0.455 e. The van der Waals surface area contributed by atoms with Crippen molar-refractivity contribution in [3.63, 3.8) is 0 Å². The molecule has 1 aliphatic carbocycles. The molecule has 0 radical (unpaired) electrons. The summed E-state index contributed by atoms with van der Waals surface area (Å²) >= 11 is 0. The number of hydrogen-bond acceptors (Lipinski definition) is 1. The number of para-hydroxylation sites is 2. The van der Waals surface area contributed by atoms with Gasteiger partial charge in [-0.3, -0.25) is 0 Å². The van der Waals surface area contributed by atoms with E-state index in [1.54, 1.807) is 0 Å². The predicted molar refractivity (Wildman–Crippen MR) is 168 cm³/mol. The Kier molecular flexibility index (Phi) is 3.70. The highest BCUT2D eigenvalue weighted by Gasteiger charge is 2.24. The van der Waals surface area contributed by atoms with Crippen LogP contribution in [0.4, 0.5) is 0 Å². The van der Waals surface area contributed by atoms with Gasteiger partial charge in [0.1, 0.15) is 11.2 Å². The van der Waals surface area contributed by atoms with Gasteiger partial charge in [0.15, 0.2) is 0 Å². The third kappa shape index (κ3) is 2.41. The zero-order chi connectivity index (χ0) is 25.9. The average molecular weight is 508 g/mol. The lowest BCUT2D eigenvalue weighted by Gasteiger charge is -2.13. The molecule has 7 aromatic carbocycles. The lowest BCUT2D eigenvalue weighted by Crippen LogP contribution is -1.95. The van der Waals surface area contributed by atoms with Crippen molar-refractivity contribution < 1.29 is 4.42 Å². The highest BCUT2D eigenvalue weighted by Crippen LogP contribution is 2.49. The van der Waals surface area contributed by atoms with Crippen molar-refractivity contribution in [2.45, 2.75) is 0 Å². The summed E-state index contributed by atoms with van der Waals surface area (Å²) in [4.78, 5) is 0. The zero-order valence-corrected chi connectivity index (χ0v) is 21.5. The second-order valence-electron chi connectivity index (χ2n) is 10.9. The van der Waals surface area contributed by atoms with Gasteiger partial charge in [0.05, 0.1) is 16.7 Å². The van der Waals surface area contributed by atoms with E-state index in [2.05, 4.69) is 126 Å². The van der Waals surface area contributed by atoms with Crippen molar-refractivity contribution in [2.75, 3.05) is 0 Å². The summed E-state index contributed by atoms with van der Waals surface area (Å²) in [6.45, 7) is 0. The maximum atomic E-state index is 6.43. The third-order valence-corrected chi connectivity index (χ3v) is 8.94. The molecule has 0 saturated carbocycles. The molecular formula is C38H21NO. The van der Waals surface area contributed by atoms with Crippen LogP contribution in [0, 0.1) is 0 Å². The van der Waals surface area contributed by atoms with Crippen molar-refractivity contribution in [3.05, 3.63) is 127 Å². The van der Waals surface area contributed by atoms with Gasteiger partial charge in [-0.1, -0.05) is 91.0 Å². The van der Waals surface area contributed by atoms with Crippen LogP contribution in [0.5, 0.6) is 0 Å². The van der Waals surface area contributed by atoms with E-state index in [1.807, 2.05) is 6.07 Å². The fourth-order valence-electron chi connectivity index (χ4n) is 7.30. The number of benzene rings is 7. The molecule has 0 unspecified atom stereocenters. The summed E-state index contributed by atoms with van der Waals surface area (Å²) in [5.74, 6) is 0. The molecule has 0 spiro atoms. The van der Waals surface area contributed by atoms with E-state index in [9.17, 15) is 0 Å². The molecule has 0 bridgehead atoms. The molecule has 0 saturated heterocycles. The summed E-state index contributed by atoms with van der Waals surface area (Å²) in [5, 5.41) is 9.84. The maximum absolute atomic E-state index is 6.43. The Labute approximate surface area is 229 Å². The molecule has 0 amide bonds. The molecule has 2 nitrogen and oxygen atoms in total. The average Bonchev–Trinajstić information content (AvgIpc) is 3.67. The number of fused-ring (bicyclic) bond motifs is 12. The lowest BCUT2D eigenvalue weighted by molar-refractivity contribution is 0.672. The summed E-state index contributed by atoms with van der Waals surface area (Å²) in [6, 6.07) is 46.3. The van der Waals surface area contributed by atoms with Crippen molar-refractivity contribution in [3.8, 4) is 27.9 Å². The van der Waals surface area contributed by atoms with E-state index in [0.29, 0.717) is 0 Å². The molecule has 2 heteroatoms. The first-order chi connectivity index (χ1) is 19.9. The Morgan fingerprint density at radius 1 is 0.375 bits per heavy atom. The molecule has 2 aromatic heterocycles. The van der Waals surface area contributed by atoms with Gasteiger partial charge in [0.25, 0.3) is 0 Å². The molecule has 0 N–H and O–H groups in total. The van der Waals surface area contributed by atoms with Crippen molar-refractivity contribution >= 4 is 65.3 Å². The molecule has 40 heavy (non-hydrogen) atoms. The van der Waals surface area contributed by atoms with Crippen LogP contribution in [0.2, 0.25) is 0 Å². The van der Waals surface area contributed by atoms with Gasteiger partial charge >= 0.3 is 0 Å². The highest BCUT2D eigenvalue weighted by atomic mass is 16.3. The van der Waals surface area contributed by atoms with E-state index in [-0.39, 0.29) is 0 Å². The normalized spacial score (nSPS) is 12.5. The Hall–Kier alpha value is -5.34. The molecule has 1 aliphatic rings. The predicted octanol–water partition coefficient (Wildman–Crippen LogP) is 10.6. The summed E-state index contributed by atoms with van der Waals surface area (Å²) < 4.78 is 8.89. The quantitative estimate of drug-likeness (QED) is 0.216. The minimum absolute atomic E-state index is 0.932. The van der Waals surface area contributed by atoms with E-state index in [4.69, 9.17) is 4.42 Å². The van der Waals surface area contributed by atoms with Crippen molar-refractivity contribution in [1.82, 2.24) is 4.57 Å². The van der Waals surface area contributed by atoms with Crippen molar-refractivity contribution in [1.29, 1.82) is 0 Å². The van der Waals surface area contributed by atoms with Crippen LogP contribution < -0.4 is 0 Å². The molecule has 0 aliphatic heterocycles. The van der Waals surface area contributed by atoms with E-state index < -0.39 is 0 Å². The van der Waals surface area contributed by atoms with E-state index in [1.165, 1.54) is 71.3 Å². The fourth-order valence-corrected chi connectivity index (χ4v) is 7.30. The van der Waals surface area contributed by atoms with Crippen LogP contribution in [-0.2, 0) is 0 Å². The molecule has 0 fully saturated rings. The zero-order valence-electron chi connectivity index (χ0n) is 21.5. The molecule has 9 aromatic rings. The van der Waals surface area contributed by atoms with Gasteiger partial charge < -0.3 is 8.98 Å². The fraction of sp³-hybridized carbons (Fsp3) is 0. The maximum Gasteiger partial charge on any atom is 0.143 e. The summed E-state index contributed by atoms with van der Waals surface area (Å²) in [5.41, 5.74) is 10.8. The van der Waals surface area contributed by atoms with E-state index in [0.717, 1.165) is 21.9 Å². The first kappa shape index (κ1) is 20.6. The largest absolute Gasteiger partial charge is 0.455 e. The van der Waals surface area contributed by atoms with Gasteiger partial charge in [0.2, 0.25) is 0 Å². The van der Waals surface area contributed by atoms with Crippen LogP contribution in [0.25, 0.3) is 93.2 Å². The Morgan fingerprint density at radius 2 is 1.02 bits per heavy atom. The Morgan fingerprint density at radius 3 is 1.93 bits per heavy atom. The minimum atomic E-state index is 0.932. The van der Waals surface area contributed by atoms with Gasteiger partial charge in [0, 0.05) is 32.3 Å². The van der Waals surface area contributed by atoms with Gasteiger partial charge in [-0.15, -0.1) is 0 Å². The Bertz CT molecular complexity index is 2510. The SMILES string of the molecule is c1ccc2c(c1)-c1cccc3c(-n4c5ccccc5c5c6ccc7c8ccccc8oc7c6ccc54)ccc-2c13. The number of rotatable bonds is 1. The number of aromatic nitrogens is 1. The summed E-state index contributed by atoms with van der Waals surface area (Å²) in [7, 11) is 0. The van der Waals surface area contributed by atoms with Crippen LogP contribution in [0.3, 0.4) is 0 Å². The monoisotopic (exact) mass is 507 g/mol. The van der Waals surface area contributed by atoms with Crippen LogP contribution in [0.15, 0.2) is 132 Å². The van der Waals surface area contributed by atoms with Crippen LogP contribution >= 0.6 is 0 Å². The number of furan rings is 1. The topological polar surface area (TPSA) is 18.1 Å². The second-order valence-corrected chi connectivity index (χ2v) is 10.9. The van der Waals surface area contributed by atoms with Gasteiger partial charge in [-0.2, -0.15) is 0 Å². The third-order valence-electron chi connectivity index (χ3n) is 8.94. The molecular weight excluding hydrogens is 486 g/mol. The smallest absolute Gasteiger partial charge is 0.143 e. The lowest BCUT2D eigenvalue weighted by atomic mass is 10.0. The summed E-state index contributed by atoms with van der Waals surface area (Å²) in [6.07, 6.45) is 0. The molecule has 0 atom stereocenters. The molecule has 10 rings (SSSR count). The van der Waals surface area contributed by atoms with Crippen molar-refractivity contribution in [2.24, 2.45) is 0 Å². The van der Waals surface area contributed by atoms with Crippen LogP contribution in [0.1, 0.15) is 0 Å². The van der Waals surface area contributed by atoms with Gasteiger partial charge in [-0.05, 0) is 69.4 Å². The number of hydrogen-bond donors (Lipinski definition) is 0. The van der Waals surface area contributed by atoms with E-state index >= 15 is 0 Å². The highest BCUT2D eigenvalue weighted by molar-refractivity contribution is 6.27. The second kappa shape index (κ2) is 7.19. The Balaban J connectivity index is 1.35. The standard InChI is InChI=1S/C38H21NO/c1-2-9-23-22(8-1)25-12-7-13-30-33(20-18-26(23)36(25)30)39-32-14-5-3-11-31(32)37-27-16-17-28-24-10-4-6-15-35(24)40-38(28)29(27)19-21-34(37)39/h1-21H.